The number of Topliss-reactive ketones (excluding diaryl/α,β-unsaturated/α-hetero) is 1. The van der Waals surface area contributed by atoms with Gasteiger partial charge in [0.15, 0.2) is 0 Å². The number of hydrogen-bond donors (Lipinski definition) is 0. The Bertz CT molecular complexity index is 342. The highest BCUT2D eigenvalue weighted by Crippen LogP contribution is 2.07. The van der Waals surface area contributed by atoms with E-state index in [-0.39, 0.29) is 25.4 Å². The van der Waals surface area contributed by atoms with Crippen LogP contribution in [0.2, 0.25) is 0 Å². The molecule has 0 aromatic carbocycles. The zero-order valence-corrected chi connectivity index (χ0v) is 8.78. The van der Waals surface area contributed by atoms with Crippen LogP contribution >= 0.6 is 11.6 Å². The molecule has 1 rings (SSSR count). The summed E-state index contributed by atoms with van der Waals surface area (Å²) in [6.07, 6.45) is 0. The molecular weight excluding hydrogens is 224 g/mol. The molecule has 1 fully saturated rings. The van der Waals surface area contributed by atoms with Crippen LogP contribution in [0.4, 0.5) is 4.79 Å². The van der Waals surface area contributed by atoms with Crippen LogP contribution < -0.4 is 0 Å². The van der Waals surface area contributed by atoms with Crippen LogP contribution in [0.15, 0.2) is 0 Å². The summed E-state index contributed by atoms with van der Waals surface area (Å²) in [6, 6.07) is 0. The first-order valence-electron chi connectivity index (χ1n) is 4.23. The summed E-state index contributed by atoms with van der Waals surface area (Å²) in [5.41, 5.74) is 0. The van der Waals surface area contributed by atoms with Crippen molar-refractivity contribution in [2.45, 2.75) is 6.92 Å². The van der Waals surface area contributed by atoms with Gasteiger partial charge >= 0.3 is 17.2 Å². The average Bonchev–Trinajstić information content (AvgIpc) is 2.12. The van der Waals surface area contributed by atoms with Crippen LogP contribution in [0.5, 0.6) is 0 Å². The maximum absolute atomic E-state index is 11.3. The number of ketones is 1. The molecule has 0 N–H and O–H groups in total. The lowest BCUT2D eigenvalue weighted by Crippen LogP contribution is -2.55. The lowest BCUT2D eigenvalue weighted by Gasteiger charge is -2.30. The third kappa shape index (κ3) is 2.53. The zero-order valence-electron chi connectivity index (χ0n) is 8.03. The van der Waals surface area contributed by atoms with E-state index in [0.717, 1.165) is 4.90 Å². The molecule has 0 saturated carbocycles. The van der Waals surface area contributed by atoms with Crippen molar-refractivity contribution in [3.8, 4) is 0 Å². The molecule has 0 atom stereocenters. The molecule has 6 nitrogen and oxygen atoms in total. The fourth-order valence-electron chi connectivity index (χ4n) is 1.26. The first-order valence-corrected chi connectivity index (χ1v) is 4.61. The summed E-state index contributed by atoms with van der Waals surface area (Å²) in [7, 11) is 0. The number of carbonyl (C=O) groups excluding carboxylic acids is 4. The number of imide groups is 1. The van der Waals surface area contributed by atoms with E-state index in [1.54, 1.807) is 0 Å². The summed E-state index contributed by atoms with van der Waals surface area (Å²) in [6.45, 7) is 1.37. The van der Waals surface area contributed by atoms with Gasteiger partial charge in [0, 0.05) is 13.1 Å². The second-order valence-corrected chi connectivity index (χ2v) is 3.46. The molecule has 0 spiro atoms. The van der Waals surface area contributed by atoms with Gasteiger partial charge in [0.25, 0.3) is 0 Å². The van der Waals surface area contributed by atoms with Gasteiger partial charge in [-0.3, -0.25) is 24.1 Å². The van der Waals surface area contributed by atoms with Crippen molar-refractivity contribution in [2.75, 3.05) is 19.6 Å². The smallest absolute Gasteiger partial charge is 0.323 e. The Labute approximate surface area is 90.8 Å². The summed E-state index contributed by atoms with van der Waals surface area (Å²) in [5, 5.41) is -0.976. The molecule has 3 amide bonds. The molecule has 15 heavy (non-hydrogen) atoms. The Morgan fingerprint density at radius 1 is 1.27 bits per heavy atom. The van der Waals surface area contributed by atoms with Crippen LogP contribution in [0, 0.1) is 0 Å². The number of amides is 3. The van der Waals surface area contributed by atoms with E-state index in [2.05, 4.69) is 0 Å². The Morgan fingerprint density at radius 2 is 1.87 bits per heavy atom. The lowest BCUT2D eigenvalue weighted by molar-refractivity contribution is -0.154. The molecule has 0 aliphatic carbocycles. The maximum atomic E-state index is 11.3. The molecule has 0 aromatic heterocycles. The number of nitrogens with zero attached hydrogens (tertiary/aromatic N) is 2. The Hall–Kier alpha value is -1.43. The third-order valence-electron chi connectivity index (χ3n) is 1.93. The van der Waals surface area contributed by atoms with Crippen LogP contribution in [0.25, 0.3) is 0 Å². The molecule has 1 aliphatic rings. The van der Waals surface area contributed by atoms with E-state index in [4.69, 9.17) is 11.6 Å². The molecule has 1 saturated heterocycles. The van der Waals surface area contributed by atoms with E-state index >= 15 is 0 Å². The highest BCUT2D eigenvalue weighted by atomic mass is 35.5. The molecule has 7 heteroatoms. The van der Waals surface area contributed by atoms with Gasteiger partial charge in [-0.2, -0.15) is 0 Å². The first-order chi connectivity index (χ1) is 6.93. The van der Waals surface area contributed by atoms with Crippen LogP contribution in [0.3, 0.4) is 0 Å². The summed E-state index contributed by atoms with van der Waals surface area (Å²) >= 11 is 5.10. The van der Waals surface area contributed by atoms with Gasteiger partial charge in [0.1, 0.15) is 5.78 Å². The van der Waals surface area contributed by atoms with Crippen LogP contribution in [-0.4, -0.2) is 52.4 Å². The predicted molar refractivity (Wildman–Crippen MR) is 50.2 cm³/mol. The molecule has 0 unspecified atom stereocenters. The summed E-state index contributed by atoms with van der Waals surface area (Å²) in [5.74, 6) is -2.07. The van der Waals surface area contributed by atoms with Crippen molar-refractivity contribution >= 4 is 34.6 Å². The Morgan fingerprint density at radius 3 is 2.33 bits per heavy atom. The van der Waals surface area contributed by atoms with Crippen molar-refractivity contribution < 1.29 is 19.2 Å². The fourth-order valence-corrected chi connectivity index (χ4v) is 1.42. The number of carbonyl (C=O) groups is 4. The van der Waals surface area contributed by atoms with Gasteiger partial charge in [-0.15, -0.1) is 0 Å². The van der Waals surface area contributed by atoms with Gasteiger partial charge in [-0.1, -0.05) is 0 Å². The lowest BCUT2D eigenvalue weighted by atomic mass is 10.3. The number of piperazine rings is 1. The molecule has 0 bridgehead atoms. The van der Waals surface area contributed by atoms with E-state index in [1.165, 1.54) is 6.92 Å². The zero-order chi connectivity index (χ0) is 11.6. The van der Waals surface area contributed by atoms with Gasteiger partial charge in [-0.25, -0.2) is 0 Å². The van der Waals surface area contributed by atoms with E-state index in [1.807, 2.05) is 0 Å². The van der Waals surface area contributed by atoms with Gasteiger partial charge in [0.05, 0.1) is 6.54 Å². The molecule has 82 valence electrons. The minimum atomic E-state index is -0.984. The number of hydrogen-bond acceptors (Lipinski definition) is 4. The van der Waals surface area contributed by atoms with Gasteiger partial charge < -0.3 is 4.90 Å². The quantitative estimate of drug-likeness (QED) is 0.369. The van der Waals surface area contributed by atoms with Crippen molar-refractivity contribution in [1.82, 2.24) is 9.80 Å². The molecule has 1 heterocycles. The molecular formula is C8H9ClN2O4. The van der Waals surface area contributed by atoms with Crippen LogP contribution in [-0.2, 0) is 14.4 Å². The molecule has 0 radical (unpaired) electrons. The number of halogens is 1. The predicted octanol–water partition coefficient (Wildman–Crippen LogP) is -0.395. The largest absolute Gasteiger partial charge is 0.325 e. The second kappa shape index (κ2) is 4.39. The van der Waals surface area contributed by atoms with Crippen molar-refractivity contribution in [1.29, 1.82) is 0 Å². The van der Waals surface area contributed by atoms with Crippen molar-refractivity contribution in [3.05, 3.63) is 0 Å². The topological polar surface area (TPSA) is 74.8 Å². The monoisotopic (exact) mass is 232 g/mol. The van der Waals surface area contributed by atoms with Crippen molar-refractivity contribution in [3.63, 3.8) is 0 Å². The maximum Gasteiger partial charge on any atom is 0.323 e. The normalized spacial score (nSPS) is 16.9. The van der Waals surface area contributed by atoms with E-state index in [9.17, 15) is 19.2 Å². The number of rotatable bonds is 2. The van der Waals surface area contributed by atoms with Crippen LogP contribution in [0.1, 0.15) is 6.92 Å². The average molecular weight is 233 g/mol. The Kier molecular flexibility index (Phi) is 3.41. The molecule has 1 aliphatic heterocycles. The van der Waals surface area contributed by atoms with Gasteiger partial charge in [-0.05, 0) is 18.5 Å². The minimum absolute atomic E-state index is 0.0280. The highest BCUT2D eigenvalue weighted by molar-refractivity contribution is 6.65. The SMILES string of the molecule is CC(=O)CN1CCN(C(=O)Cl)C(=O)C1=O. The van der Waals surface area contributed by atoms with Crippen molar-refractivity contribution in [2.24, 2.45) is 0 Å². The van der Waals surface area contributed by atoms with Gasteiger partial charge in [0.2, 0.25) is 0 Å². The Balaban J connectivity index is 2.73. The standard InChI is InChI=1S/C8H9ClN2O4/c1-5(12)4-10-2-3-11(8(9)15)7(14)6(10)13/h2-4H2,1H3. The van der Waals surface area contributed by atoms with E-state index < -0.39 is 17.2 Å². The second-order valence-electron chi connectivity index (χ2n) is 3.14. The minimum Gasteiger partial charge on any atom is -0.325 e. The van der Waals surface area contributed by atoms with E-state index in [0.29, 0.717) is 4.90 Å². The summed E-state index contributed by atoms with van der Waals surface area (Å²) < 4.78 is 0. The third-order valence-corrected chi connectivity index (χ3v) is 2.14. The fraction of sp³-hybridized carbons (Fsp3) is 0.500. The first kappa shape index (κ1) is 11.6. The summed E-state index contributed by atoms with van der Waals surface area (Å²) in [4.78, 5) is 45.9. The highest BCUT2D eigenvalue weighted by Gasteiger charge is 2.35. The molecule has 0 aromatic rings.